The summed E-state index contributed by atoms with van der Waals surface area (Å²) in [4.78, 5) is 16.1. The van der Waals surface area contributed by atoms with Crippen molar-refractivity contribution in [1.29, 1.82) is 0 Å². The van der Waals surface area contributed by atoms with Crippen molar-refractivity contribution in [3.8, 4) is 0 Å². The standard InChI is InChI=1S/C18H16N2O2.ClH/c1-12-10-17(15-8-3-4-9-16(15)19-12)20-14-7-5-6-13(11-14)18(21)22-2;/h3-11H,1-2H3,(H,19,20);1H. The molecule has 0 aliphatic heterocycles. The first-order chi connectivity index (χ1) is 10.7. The Labute approximate surface area is 140 Å². The predicted molar refractivity (Wildman–Crippen MR) is 94.8 cm³/mol. The van der Waals surface area contributed by atoms with Crippen molar-refractivity contribution >= 4 is 40.7 Å². The van der Waals surface area contributed by atoms with E-state index in [1.165, 1.54) is 7.11 Å². The first-order valence-corrected chi connectivity index (χ1v) is 6.99. The summed E-state index contributed by atoms with van der Waals surface area (Å²) in [6.45, 7) is 1.96. The van der Waals surface area contributed by atoms with Gasteiger partial charge >= 0.3 is 5.97 Å². The van der Waals surface area contributed by atoms with Crippen LogP contribution in [-0.2, 0) is 4.74 Å². The van der Waals surface area contributed by atoms with Crippen LogP contribution in [-0.4, -0.2) is 18.1 Å². The van der Waals surface area contributed by atoms with Gasteiger partial charge in [0.05, 0.1) is 18.2 Å². The monoisotopic (exact) mass is 328 g/mol. The van der Waals surface area contributed by atoms with E-state index < -0.39 is 0 Å². The van der Waals surface area contributed by atoms with Crippen molar-refractivity contribution in [3.63, 3.8) is 0 Å². The number of rotatable bonds is 3. The summed E-state index contributed by atoms with van der Waals surface area (Å²) in [5.74, 6) is -0.348. The lowest BCUT2D eigenvalue weighted by Crippen LogP contribution is -2.02. The molecule has 0 radical (unpaired) electrons. The van der Waals surface area contributed by atoms with Gasteiger partial charge in [0.15, 0.2) is 0 Å². The highest BCUT2D eigenvalue weighted by Crippen LogP contribution is 2.26. The molecule has 0 spiro atoms. The molecule has 1 aromatic heterocycles. The number of anilines is 2. The molecule has 0 atom stereocenters. The van der Waals surface area contributed by atoms with E-state index in [4.69, 9.17) is 4.74 Å². The average Bonchev–Trinajstić information content (AvgIpc) is 2.54. The lowest BCUT2D eigenvalue weighted by atomic mass is 10.1. The predicted octanol–water partition coefficient (Wildman–Crippen LogP) is 4.50. The molecule has 3 aromatic rings. The third-order valence-electron chi connectivity index (χ3n) is 3.41. The maximum atomic E-state index is 11.6. The highest BCUT2D eigenvalue weighted by Gasteiger charge is 2.07. The molecule has 1 N–H and O–H groups in total. The minimum atomic E-state index is -0.348. The number of ether oxygens (including phenoxy) is 1. The summed E-state index contributed by atoms with van der Waals surface area (Å²) >= 11 is 0. The normalized spacial score (nSPS) is 10.0. The molecule has 1 heterocycles. The van der Waals surface area contributed by atoms with E-state index in [1.54, 1.807) is 12.1 Å². The van der Waals surface area contributed by atoms with Crippen LogP contribution in [0.25, 0.3) is 10.9 Å². The van der Waals surface area contributed by atoms with Gasteiger partial charge in [-0.15, -0.1) is 12.4 Å². The molecule has 0 aliphatic rings. The zero-order valence-electron chi connectivity index (χ0n) is 12.9. The number of methoxy groups -OCH3 is 1. The minimum absolute atomic E-state index is 0. The van der Waals surface area contributed by atoms with Crippen LogP contribution in [0.2, 0.25) is 0 Å². The van der Waals surface area contributed by atoms with Crippen LogP contribution in [0.1, 0.15) is 16.1 Å². The number of hydrogen-bond acceptors (Lipinski definition) is 4. The van der Waals surface area contributed by atoms with Crippen LogP contribution in [0.3, 0.4) is 0 Å². The summed E-state index contributed by atoms with van der Waals surface area (Å²) in [5.41, 5.74) is 4.19. The van der Waals surface area contributed by atoms with E-state index in [0.717, 1.165) is 28.0 Å². The second kappa shape index (κ2) is 7.11. The van der Waals surface area contributed by atoms with Gasteiger partial charge in [0.1, 0.15) is 0 Å². The first kappa shape index (κ1) is 16.8. The van der Waals surface area contributed by atoms with Crippen LogP contribution >= 0.6 is 12.4 Å². The van der Waals surface area contributed by atoms with E-state index in [-0.39, 0.29) is 18.4 Å². The maximum absolute atomic E-state index is 11.6. The van der Waals surface area contributed by atoms with Crippen LogP contribution in [0.15, 0.2) is 54.6 Å². The zero-order chi connectivity index (χ0) is 15.5. The number of para-hydroxylation sites is 1. The molecule has 0 fully saturated rings. The molecule has 0 amide bonds. The number of carbonyl (C=O) groups is 1. The fourth-order valence-electron chi connectivity index (χ4n) is 2.41. The van der Waals surface area contributed by atoms with Gasteiger partial charge in [0, 0.05) is 22.5 Å². The highest BCUT2D eigenvalue weighted by molar-refractivity contribution is 5.94. The van der Waals surface area contributed by atoms with E-state index >= 15 is 0 Å². The van der Waals surface area contributed by atoms with Crippen molar-refractivity contribution in [3.05, 3.63) is 65.9 Å². The molecule has 4 nitrogen and oxygen atoms in total. The smallest absolute Gasteiger partial charge is 0.337 e. The first-order valence-electron chi connectivity index (χ1n) is 6.99. The van der Waals surface area contributed by atoms with E-state index in [1.807, 2.05) is 49.4 Å². The van der Waals surface area contributed by atoms with Gasteiger partial charge in [-0.05, 0) is 37.3 Å². The molecule has 0 saturated carbocycles. The Bertz CT molecular complexity index is 849. The fourth-order valence-corrected chi connectivity index (χ4v) is 2.41. The summed E-state index contributed by atoms with van der Waals surface area (Å²) in [7, 11) is 1.38. The van der Waals surface area contributed by atoms with Gasteiger partial charge in [-0.3, -0.25) is 4.98 Å². The Hall–Kier alpha value is -2.59. The number of halogens is 1. The Kier molecular flexibility index (Phi) is 5.19. The Morgan fingerprint density at radius 3 is 2.65 bits per heavy atom. The number of benzene rings is 2. The summed E-state index contributed by atoms with van der Waals surface area (Å²) in [6.07, 6.45) is 0. The number of nitrogens with one attached hydrogen (secondary N) is 1. The second-order valence-corrected chi connectivity index (χ2v) is 5.03. The van der Waals surface area contributed by atoms with E-state index in [2.05, 4.69) is 10.3 Å². The molecule has 118 valence electrons. The Balaban J connectivity index is 0.00000192. The highest BCUT2D eigenvalue weighted by atomic mass is 35.5. The molecule has 2 aromatic carbocycles. The van der Waals surface area contributed by atoms with Crippen molar-refractivity contribution in [2.75, 3.05) is 12.4 Å². The number of esters is 1. The van der Waals surface area contributed by atoms with Crippen LogP contribution in [0.4, 0.5) is 11.4 Å². The fraction of sp³-hybridized carbons (Fsp3) is 0.111. The van der Waals surface area contributed by atoms with E-state index in [9.17, 15) is 4.79 Å². The van der Waals surface area contributed by atoms with Crippen molar-refractivity contribution in [2.45, 2.75) is 6.92 Å². The van der Waals surface area contributed by atoms with Crippen LogP contribution in [0, 0.1) is 6.92 Å². The third kappa shape index (κ3) is 3.60. The van der Waals surface area contributed by atoms with Gasteiger partial charge in [-0.25, -0.2) is 4.79 Å². The number of carbonyl (C=O) groups excluding carboxylic acids is 1. The molecular formula is C18H17ClN2O2. The van der Waals surface area contributed by atoms with E-state index in [0.29, 0.717) is 5.56 Å². The zero-order valence-corrected chi connectivity index (χ0v) is 13.7. The van der Waals surface area contributed by atoms with Gasteiger partial charge in [-0.1, -0.05) is 24.3 Å². The number of aromatic nitrogens is 1. The minimum Gasteiger partial charge on any atom is -0.465 e. The number of fused-ring (bicyclic) bond motifs is 1. The Morgan fingerprint density at radius 1 is 1.09 bits per heavy atom. The molecule has 0 unspecified atom stereocenters. The quantitative estimate of drug-likeness (QED) is 0.719. The molecule has 3 rings (SSSR count). The van der Waals surface area contributed by atoms with Crippen molar-refractivity contribution in [2.24, 2.45) is 0 Å². The maximum Gasteiger partial charge on any atom is 0.337 e. The van der Waals surface area contributed by atoms with Crippen molar-refractivity contribution < 1.29 is 9.53 Å². The molecule has 0 saturated heterocycles. The molecular weight excluding hydrogens is 312 g/mol. The topological polar surface area (TPSA) is 51.2 Å². The lowest BCUT2D eigenvalue weighted by Gasteiger charge is -2.11. The molecule has 5 heteroatoms. The number of nitrogens with zero attached hydrogens (tertiary/aromatic N) is 1. The SMILES string of the molecule is COC(=O)c1cccc(Nc2cc(C)nc3ccccc23)c1.Cl. The summed E-state index contributed by atoms with van der Waals surface area (Å²) < 4.78 is 4.75. The summed E-state index contributed by atoms with van der Waals surface area (Å²) in [6, 6.07) is 17.2. The number of pyridine rings is 1. The van der Waals surface area contributed by atoms with Gasteiger partial charge in [-0.2, -0.15) is 0 Å². The molecule has 23 heavy (non-hydrogen) atoms. The van der Waals surface area contributed by atoms with Crippen LogP contribution < -0.4 is 5.32 Å². The third-order valence-corrected chi connectivity index (χ3v) is 3.41. The largest absolute Gasteiger partial charge is 0.465 e. The number of aryl methyl sites for hydroxylation is 1. The average molecular weight is 329 g/mol. The van der Waals surface area contributed by atoms with Gasteiger partial charge in [0.2, 0.25) is 0 Å². The van der Waals surface area contributed by atoms with Crippen molar-refractivity contribution in [1.82, 2.24) is 4.98 Å². The van der Waals surface area contributed by atoms with Gasteiger partial charge in [0.25, 0.3) is 0 Å². The van der Waals surface area contributed by atoms with Gasteiger partial charge < -0.3 is 10.1 Å². The second-order valence-electron chi connectivity index (χ2n) is 5.03. The number of hydrogen-bond donors (Lipinski definition) is 1. The molecule has 0 aliphatic carbocycles. The lowest BCUT2D eigenvalue weighted by molar-refractivity contribution is 0.0601. The van der Waals surface area contributed by atoms with Crippen LogP contribution in [0.5, 0.6) is 0 Å². The Morgan fingerprint density at radius 2 is 1.87 bits per heavy atom. The molecule has 0 bridgehead atoms. The summed E-state index contributed by atoms with van der Waals surface area (Å²) in [5, 5.41) is 4.40.